The topological polar surface area (TPSA) is 49.4 Å². The number of carbonyl (C=O) groups excluding carboxylic acids is 2. The number of piperazine rings is 1. The van der Waals surface area contributed by atoms with Gasteiger partial charge in [-0.3, -0.25) is 9.59 Å². The number of amides is 2. The standard InChI is InChI=1S/C21H27FN2O2/c1-14(2)11-18-13-24(19(12-15(3)4)21(26)23-18)20(25)10-7-16-5-8-17(22)9-6-16/h5-6,8-9,14-15,18-19H,11-13H2,1-4H3,(H,23,26). The Morgan fingerprint density at radius 2 is 1.81 bits per heavy atom. The van der Waals surface area contributed by atoms with Crippen LogP contribution in [0.2, 0.25) is 0 Å². The fraction of sp³-hybridized carbons (Fsp3) is 0.524. The monoisotopic (exact) mass is 358 g/mol. The summed E-state index contributed by atoms with van der Waals surface area (Å²) in [5.74, 6) is 5.29. The number of nitrogens with zero attached hydrogens (tertiary/aromatic N) is 1. The van der Waals surface area contributed by atoms with Gasteiger partial charge in [-0.25, -0.2) is 4.39 Å². The first-order valence-electron chi connectivity index (χ1n) is 9.14. The molecule has 2 amide bonds. The Labute approximate surface area is 155 Å². The number of rotatable bonds is 4. The number of hydrogen-bond acceptors (Lipinski definition) is 2. The summed E-state index contributed by atoms with van der Waals surface area (Å²) in [7, 11) is 0. The summed E-state index contributed by atoms with van der Waals surface area (Å²) in [6.07, 6.45) is 1.42. The zero-order valence-corrected chi connectivity index (χ0v) is 15.9. The minimum atomic E-state index is -0.492. The van der Waals surface area contributed by atoms with E-state index in [9.17, 15) is 14.0 Å². The van der Waals surface area contributed by atoms with Crippen LogP contribution < -0.4 is 5.32 Å². The fourth-order valence-corrected chi connectivity index (χ4v) is 3.19. The second-order valence-corrected chi connectivity index (χ2v) is 7.69. The van der Waals surface area contributed by atoms with Gasteiger partial charge in [0.05, 0.1) is 0 Å². The second-order valence-electron chi connectivity index (χ2n) is 7.69. The van der Waals surface area contributed by atoms with Crippen molar-refractivity contribution < 1.29 is 14.0 Å². The zero-order valence-electron chi connectivity index (χ0n) is 15.9. The first-order valence-corrected chi connectivity index (χ1v) is 9.14. The van der Waals surface area contributed by atoms with E-state index in [1.807, 2.05) is 13.8 Å². The smallest absolute Gasteiger partial charge is 0.299 e. The van der Waals surface area contributed by atoms with Crippen LogP contribution in [-0.2, 0) is 9.59 Å². The maximum atomic E-state index is 13.0. The largest absolute Gasteiger partial charge is 0.350 e. The molecule has 1 aromatic rings. The number of nitrogens with one attached hydrogen (secondary N) is 1. The van der Waals surface area contributed by atoms with Crippen molar-refractivity contribution in [2.75, 3.05) is 6.54 Å². The van der Waals surface area contributed by atoms with Crippen LogP contribution >= 0.6 is 0 Å². The highest BCUT2D eigenvalue weighted by Crippen LogP contribution is 2.19. The summed E-state index contributed by atoms with van der Waals surface area (Å²) in [6, 6.07) is 5.14. The van der Waals surface area contributed by atoms with Gasteiger partial charge in [0.1, 0.15) is 11.9 Å². The van der Waals surface area contributed by atoms with Crippen molar-refractivity contribution in [1.29, 1.82) is 0 Å². The molecule has 1 fully saturated rings. The molecule has 5 heteroatoms. The molecule has 0 aliphatic carbocycles. The minimum Gasteiger partial charge on any atom is -0.350 e. The molecule has 0 saturated carbocycles. The number of carbonyl (C=O) groups is 2. The van der Waals surface area contributed by atoms with E-state index in [0.717, 1.165) is 6.42 Å². The van der Waals surface area contributed by atoms with Crippen molar-refractivity contribution in [2.45, 2.75) is 52.6 Å². The molecule has 4 nitrogen and oxygen atoms in total. The van der Waals surface area contributed by atoms with E-state index in [1.54, 1.807) is 4.90 Å². The number of benzene rings is 1. The van der Waals surface area contributed by atoms with Crippen LogP contribution in [0.4, 0.5) is 4.39 Å². The first-order chi connectivity index (χ1) is 12.3. The van der Waals surface area contributed by atoms with Crippen LogP contribution in [0, 0.1) is 29.5 Å². The van der Waals surface area contributed by atoms with Gasteiger partial charge in [0.15, 0.2) is 0 Å². The van der Waals surface area contributed by atoms with E-state index in [2.05, 4.69) is 31.0 Å². The van der Waals surface area contributed by atoms with Gasteiger partial charge in [-0.1, -0.05) is 33.6 Å². The average Bonchev–Trinajstić information content (AvgIpc) is 2.55. The van der Waals surface area contributed by atoms with Crippen LogP contribution in [-0.4, -0.2) is 35.3 Å². The van der Waals surface area contributed by atoms with Crippen LogP contribution in [0.1, 0.15) is 46.1 Å². The molecule has 1 N–H and O–H groups in total. The van der Waals surface area contributed by atoms with Crippen LogP contribution in [0.15, 0.2) is 24.3 Å². The van der Waals surface area contributed by atoms with Gasteiger partial charge >= 0.3 is 0 Å². The molecule has 0 aromatic heterocycles. The highest BCUT2D eigenvalue weighted by molar-refractivity contribution is 5.98. The van der Waals surface area contributed by atoms with E-state index in [4.69, 9.17) is 0 Å². The number of halogens is 1. The predicted octanol–water partition coefficient (Wildman–Crippen LogP) is 2.97. The molecule has 2 atom stereocenters. The molecule has 2 unspecified atom stereocenters. The molecule has 140 valence electrons. The van der Waals surface area contributed by atoms with Gasteiger partial charge in [0.2, 0.25) is 5.91 Å². The van der Waals surface area contributed by atoms with Crippen molar-refractivity contribution in [3.8, 4) is 11.8 Å². The van der Waals surface area contributed by atoms with Gasteiger partial charge in [0.25, 0.3) is 5.91 Å². The molecular formula is C21H27FN2O2. The van der Waals surface area contributed by atoms with Crippen molar-refractivity contribution in [1.82, 2.24) is 10.2 Å². The Balaban J connectivity index is 2.20. The molecule has 1 saturated heterocycles. The number of hydrogen-bond donors (Lipinski definition) is 1. The van der Waals surface area contributed by atoms with Crippen LogP contribution in [0.25, 0.3) is 0 Å². The normalized spacial score (nSPS) is 20.0. The van der Waals surface area contributed by atoms with Crippen molar-refractivity contribution in [2.24, 2.45) is 11.8 Å². The SMILES string of the molecule is CC(C)CC1CN(C(=O)C#Cc2ccc(F)cc2)C(CC(C)C)C(=O)N1. The van der Waals surface area contributed by atoms with Crippen molar-refractivity contribution in [3.05, 3.63) is 35.6 Å². The van der Waals surface area contributed by atoms with Gasteiger partial charge in [-0.15, -0.1) is 0 Å². The maximum Gasteiger partial charge on any atom is 0.299 e. The Morgan fingerprint density at radius 3 is 2.38 bits per heavy atom. The first kappa shape index (κ1) is 20.0. The van der Waals surface area contributed by atoms with Crippen molar-refractivity contribution >= 4 is 11.8 Å². The molecule has 0 radical (unpaired) electrons. The molecule has 1 aromatic carbocycles. The summed E-state index contributed by atoms with van der Waals surface area (Å²) < 4.78 is 13.0. The molecule has 26 heavy (non-hydrogen) atoms. The molecule has 1 aliphatic rings. The Bertz CT molecular complexity index is 701. The predicted molar refractivity (Wildman–Crippen MR) is 99.6 cm³/mol. The van der Waals surface area contributed by atoms with E-state index >= 15 is 0 Å². The molecule has 1 aliphatic heterocycles. The Hall–Kier alpha value is -2.35. The van der Waals surface area contributed by atoms with E-state index in [0.29, 0.717) is 24.4 Å². The maximum absolute atomic E-state index is 13.0. The van der Waals surface area contributed by atoms with Crippen LogP contribution in [0.3, 0.4) is 0 Å². The summed E-state index contributed by atoms with van der Waals surface area (Å²) in [5, 5.41) is 3.05. The summed E-state index contributed by atoms with van der Waals surface area (Å²) in [6.45, 7) is 8.71. The second kappa shape index (κ2) is 8.84. The van der Waals surface area contributed by atoms with Gasteiger partial charge < -0.3 is 10.2 Å². The lowest BCUT2D eigenvalue weighted by molar-refractivity contribution is -0.142. The van der Waals surface area contributed by atoms with Crippen molar-refractivity contribution in [3.63, 3.8) is 0 Å². The molecule has 1 heterocycles. The fourth-order valence-electron chi connectivity index (χ4n) is 3.19. The zero-order chi connectivity index (χ0) is 19.3. The van der Waals surface area contributed by atoms with Crippen LogP contribution in [0.5, 0.6) is 0 Å². The third-order valence-electron chi connectivity index (χ3n) is 4.31. The van der Waals surface area contributed by atoms with E-state index in [1.165, 1.54) is 24.3 Å². The lowest BCUT2D eigenvalue weighted by atomic mass is 9.95. The summed E-state index contributed by atoms with van der Waals surface area (Å²) in [4.78, 5) is 26.9. The highest BCUT2D eigenvalue weighted by Gasteiger charge is 2.37. The minimum absolute atomic E-state index is 0.0533. The lowest BCUT2D eigenvalue weighted by Gasteiger charge is -2.39. The highest BCUT2D eigenvalue weighted by atomic mass is 19.1. The molecule has 0 bridgehead atoms. The summed E-state index contributed by atoms with van der Waals surface area (Å²) >= 11 is 0. The lowest BCUT2D eigenvalue weighted by Crippen LogP contribution is -2.61. The summed E-state index contributed by atoms with van der Waals surface area (Å²) in [5.41, 5.74) is 0.570. The quantitative estimate of drug-likeness (QED) is 0.842. The molecule has 2 rings (SSSR count). The van der Waals surface area contributed by atoms with E-state index < -0.39 is 6.04 Å². The van der Waals surface area contributed by atoms with Gasteiger partial charge in [-0.05, 0) is 48.9 Å². The van der Waals surface area contributed by atoms with Gasteiger partial charge in [0, 0.05) is 24.1 Å². The molecular weight excluding hydrogens is 331 g/mol. The average molecular weight is 358 g/mol. The third-order valence-corrected chi connectivity index (χ3v) is 4.31. The molecule has 0 spiro atoms. The third kappa shape index (κ3) is 5.59. The van der Waals surface area contributed by atoms with E-state index in [-0.39, 0.29) is 29.6 Å². The van der Waals surface area contributed by atoms with Gasteiger partial charge in [-0.2, -0.15) is 0 Å². The Kier molecular flexibility index (Phi) is 6.79. The Morgan fingerprint density at radius 1 is 1.19 bits per heavy atom.